The Morgan fingerprint density at radius 2 is 2.24 bits per heavy atom. The molecule has 1 aromatic carbocycles. The Morgan fingerprint density at radius 1 is 1.48 bits per heavy atom. The second-order valence-corrected chi connectivity index (χ2v) is 6.06. The fourth-order valence-electron chi connectivity index (χ4n) is 3.00. The van der Waals surface area contributed by atoms with E-state index in [0.29, 0.717) is 24.8 Å². The Kier molecular flexibility index (Phi) is 5.62. The van der Waals surface area contributed by atoms with Gasteiger partial charge in [0.1, 0.15) is 5.75 Å². The Hall–Kier alpha value is -1.55. The maximum atomic E-state index is 12.3. The van der Waals surface area contributed by atoms with Gasteiger partial charge < -0.3 is 15.4 Å². The molecule has 2 rings (SSSR count). The molecule has 0 unspecified atom stereocenters. The van der Waals surface area contributed by atoms with Crippen LogP contribution in [-0.2, 0) is 11.2 Å². The topological polar surface area (TPSA) is 55.6 Å². The zero-order valence-corrected chi connectivity index (χ0v) is 13.0. The second kappa shape index (κ2) is 7.46. The zero-order valence-electron chi connectivity index (χ0n) is 13.0. The first-order valence-corrected chi connectivity index (χ1v) is 7.73. The number of ether oxygens (including phenoxy) is 1. The number of carbonyl (C=O) groups excluding carboxylic acids is 1. The summed E-state index contributed by atoms with van der Waals surface area (Å²) in [5, 5.41) is 0. The molecule has 0 spiro atoms. The highest BCUT2D eigenvalue weighted by Crippen LogP contribution is 2.23. The molecule has 1 aromatic rings. The van der Waals surface area contributed by atoms with E-state index in [4.69, 9.17) is 10.5 Å². The number of likely N-dealkylation sites (tertiary alicyclic amines) is 1. The van der Waals surface area contributed by atoms with Gasteiger partial charge in [-0.1, -0.05) is 25.1 Å². The zero-order chi connectivity index (χ0) is 15.2. The monoisotopic (exact) mass is 290 g/mol. The Labute approximate surface area is 127 Å². The molecule has 0 radical (unpaired) electrons. The highest BCUT2D eigenvalue weighted by molar-refractivity contribution is 5.76. The molecule has 0 saturated carbocycles. The van der Waals surface area contributed by atoms with Crippen molar-refractivity contribution in [2.24, 2.45) is 17.6 Å². The van der Waals surface area contributed by atoms with E-state index < -0.39 is 0 Å². The Bertz CT molecular complexity index is 476. The van der Waals surface area contributed by atoms with Gasteiger partial charge in [0, 0.05) is 19.5 Å². The van der Waals surface area contributed by atoms with Crippen molar-refractivity contribution >= 4 is 5.91 Å². The summed E-state index contributed by atoms with van der Waals surface area (Å²) in [5.74, 6) is 1.96. The molecule has 2 atom stereocenters. The van der Waals surface area contributed by atoms with Crippen molar-refractivity contribution in [3.05, 3.63) is 29.8 Å². The van der Waals surface area contributed by atoms with Crippen LogP contribution in [0.4, 0.5) is 0 Å². The molecule has 1 aliphatic heterocycles. The maximum Gasteiger partial charge on any atom is 0.222 e. The first kappa shape index (κ1) is 15.8. The predicted molar refractivity (Wildman–Crippen MR) is 84.2 cm³/mol. The number of methoxy groups -OCH3 is 1. The van der Waals surface area contributed by atoms with Gasteiger partial charge in [-0.05, 0) is 42.9 Å². The number of hydrogen-bond acceptors (Lipinski definition) is 3. The molecule has 1 heterocycles. The highest BCUT2D eigenvalue weighted by Gasteiger charge is 2.26. The first-order chi connectivity index (χ1) is 10.1. The van der Waals surface area contributed by atoms with Gasteiger partial charge in [-0.2, -0.15) is 0 Å². The summed E-state index contributed by atoms with van der Waals surface area (Å²) in [5.41, 5.74) is 6.85. The van der Waals surface area contributed by atoms with Crippen molar-refractivity contribution in [3.63, 3.8) is 0 Å². The van der Waals surface area contributed by atoms with E-state index in [1.54, 1.807) is 7.11 Å². The van der Waals surface area contributed by atoms with Crippen LogP contribution in [0.5, 0.6) is 5.75 Å². The molecule has 116 valence electrons. The van der Waals surface area contributed by atoms with Gasteiger partial charge >= 0.3 is 0 Å². The largest absolute Gasteiger partial charge is 0.496 e. The van der Waals surface area contributed by atoms with Crippen LogP contribution in [0.25, 0.3) is 0 Å². The third-order valence-electron chi connectivity index (χ3n) is 4.26. The summed E-state index contributed by atoms with van der Waals surface area (Å²) in [7, 11) is 1.69. The first-order valence-electron chi connectivity index (χ1n) is 7.73. The fourth-order valence-corrected chi connectivity index (χ4v) is 3.00. The number of amides is 1. The van der Waals surface area contributed by atoms with Crippen molar-refractivity contribution in [3.8, 4) is 5.75 Å². The molecular weight excluding hydrogens is 264 g/mol. The van der Waals surface area contributed by atoms with E-state index in [-0.39, 0.29) is 5.91 Å². The lowest BCUT2D eigenvalue weighted by Crippen LogP contribution is -2.31. The van der Waals surface area contributed by atoms with E-state index in [1.807, 2.05) is 23.1 Å². The number of hydrogen-bond donors (Lipinski definition) is 1. The van der Waals surface area contributed by atoms with Crippen LogP contribution in [0, 0.1) is 11.8 Å². The number of nitrogens with two attached hydrogens (primary N) is 1. The lowest BCUT2D eigenvalue weighted by Gasteiger charge is -2.19. The number of carbonyl (C=O) groups is 1. The van der Waals surface area contributed by atoms with E-state index in [0.717, 1.165) is 31.7 Å². The minimum Gasteiger partial charge on any atom is -0.496 e. The minimum absolute atomic E-state index is 0.258. The average Bonchev–Trinajstić information content (AvgIpc) is 2.96. The predicted octanol–water partition coefficient (Wildman–Crippen LogP) is 2.07. The smallest absolute Gasteiger partial charge is 0.222 e. The van der Waals surface area contributed by atoms with Gasteiger partial charge in [-0.3, -0.25) is 4.79 Å². The quantitative estimate of drug-likeness (QED) is 0.872. The van der Waals surface area contributed by atoms with Gasteiger partial charge in [0.15, 0.2) is 0 Å². The molecule has 21 heavy (non-hydrogen) atoms. The number of para-hydroxylation sites is 1. The van der Waals surface area contributed by atoms with E-state index >= 15 is 0 Å². The van der Waals surface area contributed by atoms with Crippen LogP contribution in [0.2, 0.25) is 0 Å². The molecule has 0 aromatic heterocycles. The number of rotatable bonds is 6. The van der Waals surface area contributed by atoms with Crippen molar-refractivity contribution in [2.75, 3.05) is 26.7 Å². The molecule has 0 bridgehead atoms. The van der Waals surface area contributed by atoms with Crippen LogP contribution in [0.15, 0.2) is 24.3 Å². The van der Waals surface area contributed by atoms with Crippen molar-refractivity contribution in [1.29, 1.82) is 0 Å². The van der Waals surface area contributed by atoms with E-state index in [9.17, 15) is 4.79 Å². The Morgan fingerprint density at radius 3 is 2.90 bits per heavy atom. The summed E-state index contributed by atoms with van der Waals surface area (Å²) in [6.07, 6.45) is 2.50. The molecule has 1 fully saturated rings. The number of benzene rings is 1. The van der Waals surface area contributed by atoms with Gasteiger partial charge in [0.05, 0.1) is 7.11 Å². The third kappa shape index (κ3) is 4.21. The van der Waals surface area contributed by atoms with Gasteiger partial charge in [-0.25, -0.2) is 0 Å². The lowest BCUT2D eigenvalue weighted by molar-refractivity contribution is -0.131. The molecule has 1 saturated heterocycles. The van der Waals surface area contributed by atoms with Crippen LogP contribution < -0.4 is 10.5 Å². The third-order valence-corrected chi connectivity index (χ3v) is 4.26. The van der Waals surface area contributed by atoms with Gasteiger partial charge in [0.2, 0.25) is 5.91 Å². The van der Waals surface area contributed by atoms with Crippen LogP contribution in [0.1, 0.15) is 25.3 Å². The Balaban J connectivity index is 1.87. The van der Waals surface area contributed by atoms with Crippen LogP contribution >= 0.6 is 0 Å². The lowest BCUT2D eigenvalue weighted by atomic mass is 9.97. The molecule has 0 aliphatic carbocycles. The molecule has 1 aliphatic rings. The van der Waals surface area contributed by atoms with Gasteiger partial charge in [-0.15, -0.1) is 0 Å². The maximum absolute atomic E-state index is 12.3. The molecule has 2 N–H and O–H groups in total. The molecule has 4 heteroatoms. The van der Waals surface area contributed by atoms with Crippen molar-refractivity contribution < 1.29 is 9.53 Å². The summed E-state index contributed by atoms with van der Waals surface area (Å²) < 4.78 is 5.37. The summed E-state index contributed by atoms with van der Waals surface area (Å²) >= 11 is 0. The average molecular weight is 290 g/mol. The molecular formula is C17H26N2O2. The van der Waals surface area contributed by atoms with Crippen LogP contribution in [0.3, 0.4) is 0 Å². The van der Waals surface area contributed by atoms with E-state index in [2.05, 4.69) is 13.0 Å². The van der Waals surface area contributed by atoms with Gasteiger partial charge in [0.25, 0.3) is 0 Å². The SMILES string of the molecule is COc1ccccc1C[C@H](C)CC(=O)N1CC[C@@H](CN)C1. The van der Waals surface area contributed by atoms with Crippen LogP contribution in [-0.4, -0.2) is 37.6 Å². The summed E-state index contributed by atoms with van der Waals surface area (Å²) in [6, 6.07) is 8.02. The summed E-state index contributed by atoms with van der Waals surface area (Å²) in [6.45, 7) is 4.50. The highest BCUT2D eigenvalue weighted by atomic mass is 16.5. The standard InChI is InChI=1S/C17H26N2O2/c1-13(9-15-5-3-4-6-16(15)21-2)10-17(20)19-8-7-14(11-18)12-19/h3-6,13-14H,7-12,18H2,1-2H3/t13-,14-/m0/s1. The van der Waals surface area contributed by atoms with E-state index in [1.165, 1.54) is 5.56 Å². The van der Waals surface area contributed by atoms with Crippen molar-refractivity contribution in [1.82, 2.24) is 4.90 Å². The summed E-state index contributed by atoms with van der Waals surface area (Å²) in [4.78, 5) is 14.3. The number of nitrogens with zero attached hydrogens (tertiary/aromatic N) is 1. The van der Waals surface area contributed by atoms with Crippen molar-refractivity contribution in [2.45, 2.75) is 26.2 Å². The second-order valence-electron chi connectivity index (χ2n) is 6.06. The molecule has 4 nitrogen and oxygen atoms in total. The molecule has 1 amide bonds. The minimum atomic E-state index is 0.258. The fraction of sp³-hybridized carbons (Fsp3) is 0.588. The normalized spacial score (nSPS) is 19.6.